The molecular weight excluding hydrogens is 200 g/mol. The predicted molar refractivity (Wildman–Crippen MR) is 68.8 cm³/mol. The SMILES string of the molecule is CC(C)CNCCCNCC1CCC(C)O1. The van der Waals surface area contributed by atoms with E-state index in [-0.39, 0.29) is 0 Å². The van der Waals surface area contributed by atoms with Crippen molar-refractivity contribution in [2.75, 3.05) is 26.2 Å². The summed E-state index contributed by atoms with van der Waals surface area (Å²) < 4.78 is 5.74. The van der Waals surface area contributed by atoms with Gasteiger partial charge in [-0.3, -0.25) is 0 Å². The Balaban J connectivity index is 1.81. The quantitative estimate of drug-likeness (QED) is 0.621. The van der Waals surface area contributed by atoms with Gasteiger partial charge in [0.05, 0.1) is 12.2 Å². The van der Waals surface area contributed by atoms with Crippen molar-refractivity contribution >= 4 is 0 Å². The summed E-state index contributed by atoms with van der Waals surface area (Å²) in [6.07, 6.45) is 4.58. The van der Waals surface area contributed by atoms with E-state index in [0.29, 0.717) is 12.2 Å². The minimum atomic E-state index is 0.457. The average molecular weight is 228 g/mol. The van der Waals surface area contributed by atoms with Crippen molar-refractivity contribution in [3.05, 3.63) is 0 Å². The van der Waals surface area contributed by atoms with Crippen molar-refractivity contribution in [3.8, 4) is 0 Å². The third-order valence-corrected chi connectivity index (χ3v) is 2.95. The van der Waals surface area contributed by atoms with Gasteiger partial charge in [0, 0.05) is 6.54 Å². The molecule has 0 amide bonds. The Labute approximate surface area is 100 Å². The van der Waals surface area contributed by atoms with E-state index in [9.17, 15) is 0 Å². The first-order valence-corrected chi connectivity index (χ1v) is 6.75. The molecule has 0 aromatic rings. The van der Waals surface area contributed by atoms with Crippen molar-refractivity contribution in [3.63, 3.8) is 0 Å². The monoisotopic (exact) mass is 228 g/mol. The molecule has 0 aromatic carbocycles. The van der Waals surface area contributed by atoms with Crippen molar-refractivity contribution < 1.29 is 4.74 Å². The van der Waals surface area contributed by atoms with E-state index in [4.69, 9.17) is 4.74 Å². The highest BCUT2D eigenvalue weighted by molar-refractivity contribution is 4.72. The van der Waals surface area contributed by atoms with Gasteiger partial charge in [0.25, 0.3) is 0 Å². The van der Waals surface area contributed by atoms with E-state index in [1.54, 1.807) is 0 Å². The van der Waals surface area contributed by atoms with E-state index in [2.05, 4.69) is 31.4 Å². The van der Waals surface area contributed by atoms with Gasteiger partial charge in [-0.15, -0.1) is 0 Å². The number of ether oxygens (including phenoxy) is 1. The summed E-state index contributed by atoms with van der Waals surface area (Å²) >= 11 is 0. The van der Waals surface area contributed by atoms with Crippen LogP contribution < -0.4 is 10.6 Å². The Morgan fingerprint density at radius 1 is 1.19 bits per heavy atom. The molecule has 2 unspecified atom stereocenters. The van der Waals surface area contributed by atoms with E-state index in [0.717, 1.165) is 32.1 Å². The second-order valence-corrected chi connectivity index (χ2v) is 5.30. The molecule has 16 heavy (non-hydrogen) atoms. The summed E-state index contributed by atoms with van der Waals surface area (Å²) in [6, 6.07) is 0. The van der Waals surface area contributed by atoms with Crippen LogP contribution in [0.15, 0.2) is 0 Å². The third-order valence-electron chi connectivity index (χ3n) is 2.95. The molecule has 1 saturated heterocycles. The van der Waals surface area contributed by atoms with Gasteiger partial charge in [-0.25, -0.2) is 0 Å². The molecule has 1 fully saturated rings. The van der Waals surface area contributed by atoms with Crippen LogP contribution in [0.3, 0.4) is 0 Å². The first kappa shape index (κ1) is 13.9. The summed E-state index contributed by atoms with van der Waals surface area (Å²) in [5.74, 6) is 0.751. The maximum Gasteiger partial charge on any atom is 0.0704 e. The van der Waals surface area contributed by atoms with Crippen LogP contribution in [0.5, 0.6) is 0 Å². The van der Waals surface area contributed by atoms with Crippen LogP contribution in [0.1, 0.15) is 40.0 Å². The summed E-state index contributed by atoms with van der Waals surface area (Å²) in [4.78, 5) is 0. The Hall–Kier alpha value is -0.120. The molecule has 0 aromatic heterocycles. The Bertz CT molecular complexity index is 173. The molecule has 0 radical (unpaired) electrons. The van der Waals surface area contributed by atoms with Gasteiger partial charge in [-0.05, 0) is 51.7 Å². The van der Waals surface area contributed by atoms with Crippen molar-refractivity contribution in [2.24, 2.45) is 5.92 Å². The van der Waals surface area contributed by atoms with E-state index in [1.165, 1.54) is 19.3 Å². The molecule has 1 rings (SSSR count). The maximum atomic E-state index is 5.74. The minimum absolute atomic E-state index is 0.457. The average Bonchev–Trinajstić information content (AvgIpc) is 2.62. The van der Waals surface area contributed by atoms with Crippen molar-refractivity contribution in [1.82, 2.24) is 10.6 Å². The fourth-order valence-corrected chi connectivity index (χ4v) is 2.03. The van der Waals surface area contributed by atoms with Crippen LogP contribution in [0.4, 0.5) is 0 Å². The lowest BCUT2D eigenvalue weighted by atomic mass is 10.2. The molecule has 1 aliphatic heterocycles. The summed E-state index contributed by atoms with van der Waals surface area (Å²) in [5, 5.41) is 6.92. The second-order valence-electron chi connectivity index (χ2n) is 5.30. The molecule has 2 atom stereocenters. The molecule has 3 nitrogen and oxygen atoms in total. The molecule has 96 valence electrons. The first-order valence-electron chi connectivity index (χ1n) is 6.75. The van der Waals surface area contributed by atoms with Crippen molar-refractivity contribution in [2.45, 2.75) is 52.2 Å². The molecule has 1 aliphatic rings. The Morgan fingerprint density at radius 2 is 1.94 bits per heavy atom. The lowest BCUT2D eigenvalue weighted by molar-refractivity contribution is 0.0561. The van der Waals surface area contributed by atoms with E-state index in [1.807, 2.05) is 0 Å². The van der Waals surface area contributed by atoms with Gasteiger partial charge in [-0.1, -0.05) is 13.8 Å². The highest BCUT2D eigenvalue weighted by Gasteiger charge is 2.20. The summed E-state index contributed by atoms with van der Waals surface area (Å²) in [5.41, 5.74) is 0. The predicted octanol–water partition coefficient (Wildman–Crippen LogP) is 1.78. The standard InChI is InChI=1S/C13H28N2O/c1-11(2)9-14-7-4-8-15-10-13-6-5-12(3)16-13/h11-15H,4-10H2,1-3H3. The van der Waals surface area contributed by atoms with Gasteiger partial charge >= 0.3 is 0 Å². The molecule has 0 saturated carbocycles. The number of nitrogens with one attached hydrogen (secondary N) is 2. The highest BCUT2D eigenvalue weighted by atomic mass is 16.5. The largest absolute Gasteiger partial charge is 0.374 e. The van der Waals surface area contributed by atoms with Gasteiger partial charge in [0.15, 0.2) is 0 Å². The van der Waals surface area contributed by atoms with Crippen LogP contribution in [0.25, 0.3) is 0 Å². The van der Waals surface area contributed by atoms with Gasteiger partial charge in [-0.2, -0.15) is 0 Å². The summed E-state index contributed by atoms with van der Waals surface area (Å²) in [6.45, 7) is 11.0. The van der Waals surface area contributed by atoms with Crippen LogP contribution in [0.2, 0.25) is 0 Å². The molecular formula is C13H28N2O. The van der Waals surface area contributed by atoms with Gasteiger partial charge in [0.1, 0.15) is 0 Å². The zero-order chi connectivity index (χ0) is 11.8. The third kappa shape index (κ3) is 6.46. The van der Waals surface area contributed by atoms with Crippen LogP contribution in [0, 0.1) is 5.92 Å². The number of hydrogen-bond donors (Lipinski definition) is 2. The topological polar surface area (TPSA) is 33.3 Å². The fourth-order valence-electron chi connectivity index (χ4n) is 2.03. The van der Waals surface area contributed by atoms with Crippen LogP contribution in [-0.4, -0.2) is 38.4 Å². The Kier molecular flexibility index (Phi) is 7.01. The second kappa shape index (κ2) is 8.04. The van der Waals surface area contributed by atoms with Crippen molar-refractivity contribution in [1.29, 1.82) is 0 Å². The lowest BCUT2D eigenvalue weighted by Crippen LogP contribution is -2.30. The smallest absolute Gasteiger partial charge is 0.0704 e. The molecule has 2 N–H and O–H groups in total. The van der Waals surface area contributed by atoms with Gasteiger partial charge < -0.3 is 15.4 Å². The molecule has 1 heterocycles. The molecule has 0 bridgehead atoms. The fraction of sp³-hybridized carbons (Fsp3) is 1.00. The Morgan fingerprint density at radius 3 is 2.56 bits per heavy atom. The molecule has 0 aliphatic carbocycles. The lowest BCUT2D eigenvalue weighted by Gasteiger charge is -2.12. The number of rotatable bonds is 8. The molecule has 3 heteroatoms. The highest BCUT2D eigenvalue weighted by Crippen LogP contribution is 2.17. The summed E-state index contributed by atoms with van der Waals surface area (Å²) in [7, 11) is 0. The van der Waals surface area contributed by atoms with E-state index < -0.39 is 0 Å². The van der Waals surface area contributed by atoms with Gasteiger partial charge in [0.2, 0.25) is 0 Å². The van der Waals surface area contributed by atoms with E-state index >= 15 is 0 Å². The number of hydrogen-bond acceptors (Lipinski definition) is 3. The zero-order valence-electron chi connectivity index (χ0n) is 11.1. The normalized spacial score (nSPS) is 25.5. The zero-order valence-corrected chi connectivity index (χ0v) is 11.1. The van der Waals surface area contributed by atoms with Crippen LogP contribution in [-0.2, 0) is 4.74 Å². The minimum Gasteiger partial charge on any atom is -0.374 e. The molecule has 0 spiro atoms. The first-order chi connectivity index (χ1) is 7.68. The maximum absolute atomic E-state index is 5.74. The van der Waals surface area contributed by atoms with Crippen LogP contribution >= 0.6 is 0 Å².